The molecule has 2 aromatic carbocycles. The highest BCUT2D eigenvalue weighted by Gasteiger charge is 2.25. The first-order valence-corrected chi connectivity index (χ1v) is 12.3. The maximum Gasteiger partial charge on any atom is 0.316 e. The second-order valence-electron chi connectivity index (χ2n) is 8.82. The van der Waals surface area contributed by atoms with Gasteiger partial charge in [-0.2, -0.15) is 4.98 Å². The van der Waals surface area contributed by atoms with Crippen molar-refractivity contribution >= 4 is 10.0 Å². The molecule has 0 radical (unpaired) electrons. The van der Waals surface area contributed by atoms with Crippen molar-refractivity contribution in [2.75, 3.05) is 20.3 Å². The van der Waals surface area contributed by atoms with Gasteiger partial charge in [0.25, 0.3) is 10.0 Å². The Hall–Kier alpha value is -3.32. The summed E-state index contributed by atoms with van der Waals surface area (Å²) in [4.78, 5) is 15.3. The van der Waals surface area contributed by atoms with Gasteiger partial charge in [0, 0.05) is 17.8 Å². The summed E-state index contributed by atoms with van der Waals surface area (Å²) < 4.78 is 50.6. The average molecular weight is 522 g/mol. The Morgan fingerprint density at radius 1 is 1.11 bits per heavy atom. The number of aliphatic hydroxyl groups is 2. The van der Waals surface area contributed by atoms with Crippen molar-refractivity contribution in [3.8, 4) is 28.8 Å². The van der Waals surface area contributed by atoms with Crippen LogP contribution in [0.5, 0.6) is 17.5 Å². The number of nitrogens with zero attached hydrogens (tertiary/aromatic N) is 2. The van der Waals surface area contributed by atoms with Gasteiger partial charge in [-0.05, 0) is 46.2 Å². The Morgan fingerprint density at radius 3 is 2.53 bits per heavy atom. The molecule has 0 saturated heterocycles. The Balaban J connectivity index is 2.02. The molecule has 0 aliphatic rings. The minimum atomic E-state index is -4.30. The van der Waals surface area contributed by atoms with Crippen molar-refractivity contribution in [1.82, 2.24) is 14.9 Å². The summed E-state index contributed by atoms with van der Waals surface area (Å²) >= 11 is 0. The number of methoxy groups -OCH3 is 1. The van der Waals surface area contributed by atoms with E-state index in [1.54, 1.807) is 12.1 Å². The molecule has 0 saturated carbocycles. The molecule has 0 unspecified atom stereocenters. The van der Waals surface area contributed by atoms with Gasteiger partial charge in [-0.3, -0.25) is 0 Å². The number of sulfonamides is 1. The zero-order valence-corrected chi connectivity index (χ0v) is 21.0. The van der Waals surface area contributed by atoms with E-state index in [-0.39, 0.29) is 45.7 Å². The van der Waals surface area contributed by atoms with Crippen molar-refractivity contribution in [3.05, 3.63) is 60.0 Å². The molecule has 10 nitrogen and oxygen atoms in total. The van der Waals surface area contributed by atoms with Crippen LogP contribution in [0.15, 0.2) is 53.6 Å². The third-order valence-corrected chi connectivity index (χ3v) is 6.28. The largest absolute Gasteiger partial charge is 0.493 e. The van der Waals surface area contributed by atoms with E-state index in [9.17, 15) is 17.9 Å². The number of rotatable bonds is 10. The number of halogens is 1. The number of ether oxygens (including phenoxy) is 2. The molecule has 1 heterocycles. The van der Waals surface area contributed by atoms with E-state index in [4.69, 9.17) is 19.4 Å². The van der Waals surface area contributed by atoms with Gasteiger partial charge < -0.3 is 24.5 Å². The molecule has 12 heteroatoms. The van der Waals surface area contributed by atoms with Gasteiger partial charge in [-0.15, -0.1) is 0 Å². The summed E-state index contributed by atoms with van der Waals surface area (Å²) in [5.41, 5.74) is 0.988. The highest BCUT2D eigenvalue weighted by atomic mass is 32.2. The van der Waals surface area contributed by atoms with E-state index in [0.717, 1.165) is 17.7 Å². The van der Waals surface area contributed by atoms with Crippen LogP contribution in [0.3, 0.4) is 0 Å². The summed E-state index contributed by atoms with van der Waals surface area (Å²) in [6.45, 7) is 5.17. The molecule has 1 atom stereocenters. The lowest BCUT2D eigenvalue weighted by Gasteiger charge is -2.21. The lowest BCUT2D eigenvalue weighted by atomic mass is 9.86. The van der Waals surface area contributed by atoms with Crippen molar-refractivity contribution in [3.63, 3.8) is 0 Å². The number of aromatic nitrogens is 2. The van der Waals surface area contributed by atoms with Crippen LogP contribution in [0, 0.1) is 5.82 Å². The van der Waals surface area contributed by atoms with E-state index in [0.29, 0.717) is 0 Å². The van der Waals surface area contributed by atoms with Crippen LogP contribution >= 0.6 is 0 Å². The molecule has 3 N–H and O–H groups in total. The molecule has 0 amide bonds. The molecule has 0 aliphatic heterocycles. The van der Waals surface area contributed by atoms with Crippen molar-refractivity contribution < 1.29 is 37.3 Å². The van der Waals surface area contributed by atoms with Gasteiger partial charge in [0.05, 0.1) is 24.3 Å². The smallest absolute Gasteiger partial charge is 0.316 e. The molecule has 3 rings (SSSR count). The molecule has 194 valence electrons. The Kier molecular flexibility index (Phi) is 8.46. The Bertz CT molecular complexity index is 1310. The molecule has 0 spiro atoms. The molecule has 36 heavy (non-hydrogen) atoms. The van der Waals surface area contributed by atoms with Crippen LogP contribution in [0.2, 0.25) is 0 Å². The summed E-state index contributed by atoms with van der Waals surface area (Å²) in [5, 5.41) is 18.5. The van der Waals surface area contributed by atoms with Gasteiger partial charge in [0.15, 0.2) is 11.5 Å². The summed E-state index contributed by atoms with van der Waals surface area (Å²) in [7, 11) is -2.96. The predicted molar refractivity (Wildman–Crippen MR) is 129 cm³/mol. The number of hydrogen-bond acceptors (Lipinski definition) is 9. The summed E-state index contributed by atoms with van der Waals surface area (Å²) in [6.07, 6.45) is 0.253. The van der Waals surface area contributed by atoms with E-state index in [1.807, 2.05) is 25.7 Å². The van der Waals surface area contributed by atoms with Gasteiger partial charge >= 0.3 is 6.01 Å². The van der Waals surface area contributed by atoms with Gasteiger partial charge in [0.2, 0.25) is 0 Å². The summed E-state index contributed by atoms with van der Waals surface area (Å²) in [5.74, 6) is -0.667. The Labute approximate surface area is 208 Å². The standard InChI is InChI=1S/C24H28FN3O7S/c1-24(2,3)15-5-8-22(36(31,32)28-35-21-12-16(25)6-7-20(21)33-4)18(11-15)19-9-10-26-23(27-19)34-14-17(30)13-29/h5-12,17,28-30H,13-14H2,1-4H3/t17-/m0/s1. The average Bonchev–Trinajstić information content (AvgIpc) is 2.85. The number of aliphatic hydroxyl groups excluding tert-OH is 2. The minimum absolute atomic E-state index is 0.113. The van der Waals surface area contributed by atoms with Gasteiger partial charge in [-0.25, -0.2) is 17.8 Å². The first-order chi connectivity index (χ1) is 16.9. The monoisotopic (exact) mass is 521 g/mol. The lowest BCUT2D eigenvalue weighted by Crippen LogP contribution is -2.28. The predicted octanol–water partition coefficient (Wildman–Crippen LogP) is 2.59. The van der Waals surface area contributed by atoms with E-state index in [1.165, 1.54) is 31.5 Å². The third-order valence-electron chi connectivity index (χ3n) is 5.05. The fourth-order valence-corrected chi connectivity index (χ4v) is 4.08. The topological polar surface area (TPSA) is 140 Å². The summed E-state index contributed by atoms with van der Waals surface area (Å²) in [6, 6.07) is 9.62. The number of benzene rings is 2. The van der Waals surface area contributed by atoms with Crippen molar-refractivity contribution in [2.45, 2.75) is 37.2 Å². The minimum Gasteiger partial charge on any atom is -0.493 e. The second kappa shape index (κ2) is 11.2. The maximum atomic E-state index is 13.7. The van der Waals surface area contributed by atoms with E-state index in [2.05, 4.69) is 9.97 Å². The number of hydrogen-bond donors (Lipinski definition) is 3. The van der Waals surface area contributed by atoms with Crippen LogP contribution in [0.1, 0.15) is 26.3 Å². The normalized spacial score (nSPS) is 12.8. The van der Waals surface area contributed by atoms with Crippen LogP contribution < -0.4 is 19.2 Å². The van der Waals surface area contributed by atoms with Crippen LogP contribution in [-0.2, 0) is 15.4 Å². The van der Waals surface area contributed by atoms with Gasteiger partial charge in [0.1, 0.15) is 18.5 Å². The zero-order valence-electron chi connectivity index (χ0n) is 20.2. The number of nitrogens with one attached hydrogen (secondary N) is 1. The molecule has 0 fully saturated rings. The van der Waals surface area contributed by atoms with Crippen molar-refractivity contribution in [2.24, 2.45) is 0 Å². The molecule has 0 aliphatic carbocycles. The first kappa shape index (κ1) is 27.3. The highest BCUT2D eigenvalue weighted by Crippen LogP contribution is 2.33. The fraction of sp³-hybridized carbons (Fsp3) is 0.333. The molecule has 0 bridgehead atoms. The second-order valence-corrected chi connectivity index (χ2v) is 10.4. The molecule has 3 aromatic rings. The van der Waals surface area contributed by atoms with E-state index < -0.39 is 28.6 Å². The molecule has 1 aromatic heterocycles. The van der Waals surface area contributed by atoms with Crippen molar-refractivity contribution in [1.29, 1.82) is 0 Å². The van der Waals surface area contributed by atoms with E-state index >= 15 is 0 Å². The van der Waals surface area contributed by atoms with Crippen LogP contribution in [0.25, 0.3) is 11.3 Å². The third kappa shape index (κ3) is 6.66. The quantitative estimate of drug-likeness (QED) is 0.343. The zero-order chi connectivity index (χ0) is 26.5. The SMILES string of the molecule is COc1ccc(F)cc1ONS(=O)(=O)c1ccc(C(C)(C)C)cc1-c1ccnc(OC[C@@H](O)CO)n1. The fourth-order valence-electron chi connectivity index (χ4n) is 3.09. The highest BCUT2D eigenvalue weighted by molar-refractivity contribution is 7.89. The first-order valence-electron chi connectivity index (χ1n) is 10.9. The Morgan fingerprint density at radius 2 is 1.86 bits per heavy atom. The van der Waals surface area contributed by atoms with Crippen LogP contribution in [-0.4, -0.2) is 55.0 Å². The maximum absolute atomic E-state index is 13.7. The lowest BCUT2D eigenvalue weighted by molar-refractivity contribution is 0.0505. The van der Waals surface area contributed by atoms with Gasteiger partial charge in [-0.1, -0.05) is 26.8 Å². The molecular weight excluding hydrogens is 493 g/mol. The van der Waals surface area contributed by atoms with Crippen LogP contribution in [0.4, 0.5) is 4.39 Å². The molecular formula is C24H28FN3O7S.